The van der Waals surface area contributed by atoms with Crippen molar-refractivity contribution in [2.24, 2.45) is 10.4 Å². The lowest BCUT2D eigenvalue weighted by Crippen LogP contribution is -2.45. The van der Waals surface area contributed by atoms with Crippen LogP contribution >= 0.6 is 0 Å². The molecule has 2 rings (SSSR count). The van der Waals surface area contributed by atoms with Crippen LogP contribution in [0, 0.1) is 5.41 Å². The smallest absolute Gasteiger partial charge is 0.226 e. The van der Waals surface area contributed by atoms with Crippen LogP contribution in [-0.2, 0) is 16.1 Å². The van der Waals surface area contributed by atoms with E-state index in [2.05, 4.69) is 48.5 Å². The molecular formula is C21H34N4O2. The van der Waals surface area contributed by atoms with Gasteiger partial charge in [-0.25, -0.2) is 0 Å². The molecule has 150 valence electrons. The predicted octanol–water partition coefficient (Wildman–Crippen LogP) is 2.93. The van der Waals surface area contributed by atoms with Crippen LogP contribution in [0.3, 0.4) is 0 Å². The summed E-state index contributed by atoms with van der Waals surface area (Å²) in [5.41, 5.74) is 2.19. The molecule has 27 heavy (non-hydrogen) atoms. The maximum atomic E-state index is 12.0. The molecule has 6 nitrogen and oxygen atoms in total. The van der Waals surface area contributed by atoms with Gasteiger partial charge in [0.25, 0.3) is 0 Å². The molecule has 2 N–H and O–H groups in total. The number of hydrogen-bond acceptors (Lipinski definition) is 3. The molecule has 0 spiro atoms. The standard InChI is InChI=1S/C21H34N4O2/c1-21(2,3)18(27-5)15-24-20(22-4)23-14-16-9-11-17(12-10-16)25-13-7-6-8-19(25)26/h9-12,18H,6-8,13-15H2,1-5H3,(H2,22,23,24). The van der Waals surface area contributed by atoms with Gasteiger partial charge in [-0.05, 0) is 36.0 Å². The Kier molecular flexibility index (Phi) is 7.66. The first-order valence-corrected chi connectivity index (χ1v) is 9.71. The van der Waals surface area contributed by atoms with Crippen LogP contribution in [0.2, 0.25) is 0 Å². The minimum absolute atomic E-state index is 0.0579. The van der Waals surface area contributed by atoms with Crippen LogP contribution in [0.25, 0.3) is 0 Å². The number of nitrogens with one attached hydrogen (secondary N) is 2. The van der Waals surface area contributed by atoms with Crippen molar-refractivity contribution in [3.8, 4) is 0 Å². The van der Waals surface area contributed by atoms with Crippen LogP contribution in [0.4, 0.5) is 5.69 Å². The number of carbonyl (C=O) groups is 1. The van der Waals surface area contributed by atoms with Gasteiger partial charge in [-0.3, -0.25) is 9.79 Å². The van der Waals surface area contributed by atoms with Crippen molar-refractivity contribution in [2.45, 2.75) is 52.7 Å². The fourth-order valence-corrected chi connectivity index (χ4v) is 3.21. The lowest BCUT2D eigenvalue weighted by atomic mass is 9.89. The second-order valence-electron chi connectivity index (χ2n) is 8.07. The van der Waals surface area contributed by atoms with Crippen molar-refractivity contribution >= 4 is 17.6 Å². The van der Waals surface area contributed by atoms with Gasteiger partial charge in [-0.2, -0.15) is 0 Å². The zero-order valence-electron chi connectivity index (χ0n) is 17.3. The van der Waals surface area contributed by atoms with Crippen molar-refractivity contribution in [1.29, 1.82) is 0 Å². The molecule has 6 heteroatoms. The summed E-state index contributed by atoms with van der Waals surface area (Å²) in [6, 6.07) is 8.17. The fraction of sp³-hybridized carbons (Fsp3) is 0.619. The number of guanidine groups is 1. The Morgan fingerprint density at radius 1 is 1.22 bits per heavy atom. The molecule has 1 amide bonds. The van der Waals surface area contributed by atoms with Crippen molar-refractivity contribution in [3.63, 3.8) is 0 Å². The van der Waals surface area contributed by atoms with E-state index in [1.165, 1.54) is 0 Å². The second-order valence-corrected chi connectivity index (χ2v) is 8.07. The van der Waals surface area contributed by atoms with Crippen LogP contribution < -0.4 is 15.5 Å². The number of aliphatic imine (C=N–C) groups is 1. The first-order chi connectivity index (χ1) is 12.8. The summed E-state index contributed by atoms with van der Waals surface area (Å²) in [6.45, 7) is 8.66. The molecule has 0 saturated carbocycles. The average Bonchev–Trinajstić information content (AvgIpc) is 2.64. The zero-order chi connectivity index (χ0) is 19.9. The number of amides is 1. The van der Waals surface area contributed by atoms with Crippen LogP contribution in [0.5, 0.6) is 0 Å². The summed E-state index contributed by atoms with van der Waals surface area (Å²) in [6.07, 6.45) is 2.83. The fourth-order valence-electron chi connectivity index (χ4n) is 3.21. The van der Waals surface area contributed by atoms with Gasteiger partial charge in [0.2, 0.25) is 5.91 Å². The predicted molar refractivity (Wildman–Crippen MR) is 111 cm³/mol. The Morgan fingerprint density at radius 2 is 1.93 bits per heavy atom. The Balaban J connectivity index is 1.86. The summed E-state index contributed by atoms with van der Waals surface area (Å²) in [4.78, 5) is 18.2. The van der Waals surface area contributed by atoms with Gasteiger partial charge >= 0.3 is 0 Å². The summed E-state index contributed by atoms with van der Waals surface area (Å²) < 4.78 is 5.57. The van der Waals surface area contributed by atoms with E-state index in [9.17, 15) is 4.79 Å². The molecule has 0 aromatic heterocycles. The Morgan fingerprint density at radius 3 is 2.48 bits per heavy atom. The molecule has 1 heterocycles. The quantitative estimate of drug-likeness (QED) is 0.593. The normalized spacial score (nSPS) is 17.0. The Bertz CT molecular complexity index is 635. The van der Waals surface area contributed by atoms with Crippen molar-refractivity contribution in [3.05, 3.63) is 29.8 Å². The summed E-state index contributed by atoms with van der Waals surface area (Å²) in [7, 11) is 3.50. The SMILES string of the molecule is CN=C(NCc1ccc(N2CCCCC2=O)cc1)NCC(OC)C(C)(C)C. The Labute approximate surface area is 163 Å². The molecule has 1 aromatic rings. The number of nitrogens with zero attached hydrogens (tertiary/aromatic N) is 2. The van der Waals surface area contributed by atoms with E-state index in [1.54, 1.807) is 14.2 Å². The van der Waals surface area contributed by atoms with Gasteiger partial charge in [-0.1, -0.05) is 32.9 Å². The number of rotatable bonds is 6. The van der Waals surface area contributed by atoms with Crippen LogP contribution in [0.15, 0.2) is 29.3 Å². The lowest BCUT2D eigenvalue weighted by molar-refractivity contribution is -0.119. The minimum atomic E-state index is 0.0579. The van der Waals surface area contributed by atoms with Crippen molar-refractivity contribution in [1.82, 2.24) is 10.6 Å². The van der Waals surface area contributed by atoms with Crippen LogP contribution in [0.1, 0.15) is 45.6 Å². The first-order valence-electron chi connectivity index (χ1n) is 9.71. The Hall–Kier alpha value is -2.08. The topological polar surface area (TPSA) is 66.0 Å². The minimum Gasteiger partial charge on any atom is -0.379 e. The summed E-state index contributed by atoms with van der Waals surface area (Å²) in [5.74, 6) is 0.972. The van der Waals surface area contributed by atoms with Gasteiger partial charge in [0.15, 0.2) is 5.96 Å². The highest BCUT2D eigenvalue weighted by atomic mass is 16.5. The summed E-state index contributed by atoms with van der Waals surface area (Å²) in [5, 5.41) is 6.65. The number of methoxy groups -OCH3 is 1. The van der Waals surface area contributed by atoms with Gasteiger partial charge in [0, 0.05) is 45.9 Å². The molecule has 1 aliphatic heterocycles. The van der Waals surface area contributed by atoms with Crippen molar-refractivity contribution < 1.29 is 9.53 Å². The third-order valence-corrected chi connectivity index (χ3v) is 4.96. The number of carbonyl (C=O) groups excluding carboxylic acids is 1. The van der Waals surface area contributed by atoms with E-state index in [4.69, 9.17) is 4.74 Å². The van der Waals surface area contributed by atoms with E-state index in [1.807, 2.05) is 17.0 Å². The number of ether oxygens (including phenoxy) is 1. The highest BCUT2D eigenvalue weighted by Gasteiger charge is 2.24. The van der Waals surface area contributed by atoms with Gasteiger partial charge in [0.1, 0.15) is 0 Å². The molecule has 1 fully saturated rings. The molecule has 0 aliphatic carbocycles. The molecule has 0 radical (unpaired) electrons. The van der Waals surface area contributed by atoms with E-state index < -0.39 is 0 Å². The van der Waals surface area contributed by atoms with E-state index in [-0.39, 0.29) is 17.4 Å². The van der Waals surface area contributed by atoms with E-state index >= 15 is 0 Å². The third kappa shape index (κ3) is 6.24. The molecular weight excluding hydrogens is 340 g/mol. The highest BCUT2D eigenvalue weighted by Crippen LogP contribution is 2.22. The van der Waals surface area contributed by atoms with Gasteiger partial charge < -0.3 is 20.3 Å². The third-order valence-electron chi connectivity index (χ3n) is 4.96. The van der Waals surface area contributed by atoms with E-state index in [0.717, 1.165) is 36.6 Å². The number of piperidine rings is 1. The maximum Gasteiger partial charge on any atom is 0.226 e. The van der Waals surface area contributed by atoms with Crippen molar-refractivity contribution in [2.75, 3.05) is 32.1 Å². The molecule has 1 saturated heterocycles. The number of hydrogen-bond donors (Lipinski definition) is 2. The number of anilines is 1. The van der Waals surface area contributed by atoms with Crippen LogP contribution in [-0.4, -0.2) is 45.2 Å². The largest absolute Gasteiger partial charge is 0.379 e. The molecule has 1 unspecified atom stereocenters. The molecule has 0 bridgehead atoms. The molecule has 1 aromatic carbocycles. The number of benzene rings is 1. The monoisotopic (exact) mass is 374 g/mol. The maximum absolute atomic E-state index is 12.0. The summed E-state index contributed by atoms with van der Waals surface area (Å²) >= 11 is 0. The first kappa shape index (κ1) is 21.2. The van der Waals surface area contributed by atoms with E-state index in [0.29, 0.717) is 19.5 Å². The van der Waals surface area contributed by atoms with Gasteiger partial charge in [-0.15, -0.1) is 0 Å². The lowest BCUT2D eigenvalue weighted by Gasteiger charge is -2.30. The highest BCUT2D eigenvalue weighted by molar-refractivity contribution is 5.93. The van der Waals surface area contributed by atoms with Gasteiger partial charge in [0.05, 0.1) is 6.10 Å². The molecule has 1 atom stereocenters. The second kappa shape index (κ2) is 9.74. The average molecular weight is 375 g/mol. The molecule has 1 aliphatic rings. The zero-order valence-corrected chi connectivity index (χ0v) is 17.3.